The summed E-state index contributed by atoms with van der Waals surface area (Å²) in [5.74, 6) is 0. The Bertz CT molecular complexity index is 2410. The molecule has 262 valence electrons. The van der Waals surface area contributed by atoms with Gasteiger partial charge in [-0.15, -0.1) is 11.3 Å². The van der Waals surface area contributed by atoms with Gasteiger partial charge in [0, 0.05) is 69.7 Å². The molecule has 0 saturated heterocycles. The van der Waals surface area contributed by atoms with Crippen molar-refractivity contribution in [3.63, 3.8) is 0 Å². The Hall–Kier alpha value is -7.22. The van der Waals surface area contributed by atoms with E-state index in [1.54, 1.807) is 23.7 Å². The zero-order valence-corrected chi connectivity index (χ0v) is 30.5. The number of rotatable bonds is 10. The normalized spacial score (nSPS) is 10.9. The molecule has 0 atom stereocenters. The first-order valence-corrected chi connectivity index (χ1v) is 18.8. The second-order valence-corrected chi connectivity index (χ2v) is 14.0. The van der Waals surface area contributed by atoms with Gasteiger partial charge >= 0.3 is 0 Å². The first-order chi connectivity index (χ1) is 27.3. The molecule has 4 aromatic carbocycles. The molecule has 6 nitrogen and oxygen atoms in total. The molecule has 0 saturated carbocycles. The summed E-state index contributed by atoms with van der Waals surface area (Å²) in [4.78, 5) is 24.1. The Labute approximate surface area is 324 Å². The molecule has 0 unspecified atom stereocenters. The quantitative estimate of drug-likeness (QED) is 0.140. The van der Waals surface area contributed by atoms with Crippen molar-refractivity contribution in [2.24, 2.45) is 0 Å². The van der Waals surface area contributed by atoms with Crippen LogP contribution in [0.15, 0.2) is 207 Å². The predicted octanol–water partition coefficient (Wildman–Crippen LogP) is 12.9. The fraction of sp³-hybridized carbons (Fsp3) is 0. The smallest absolute Gasteiger partial charge is 0.0644 e. The summed E-state index contributed by atoms with van der Waals surface area (Å²) in [6.07, 6.45) is 14.7. The van der Waals surface area contributed by atoms with E-state index in [-0.39, 0.29) is 0 Å². The Morgan fingerprint density at radius 1 is 0.273 bits per heavy atom. The van der Waals surface area contributed by atoms with Gasteiger partial charge in [0.2, 0.25) is 0 Å². The topological polar surface area (TPSA) is 58.0 Å². The number of thiophene rings is 1. The van der Waals surface area contributed by atoms with E-state index < -0.39 is 0 Å². The van der Waals surface area contributed by atoms with Gasteiger partial charge in [0.25, 0.3) is 0 Å². The average Bonchev–Trinajstić information content (AvgIpc) is 3.77. The van der Waals surface area contributed by atoms with Gasteiger partial charge in [0.1, 0.15) is 0 Å². The highest BCUT2D eigenvalue weighted by atomic mass is 32.1. The molecule has 7 heteroatoms. The van der Waals surface area contributed by atoms with Crippen LogP contribution in [-0.2, 0) is 0 Å². The number of anilines is 6. The van der Waals surface area contributed by atoms with Gasteiger partial charge in [-0.25, -0.2) is 0 Å². The molecule has 0 aliphatic carbocycles. The maximum atomic E-state index is 4.42. The molecule has 55 heavy (non-hydrogen) atoms. The van der Waals surface area contributed by atoms with E-state index in [0.29, 0.717) is 0 Å². The molecule has 9 aromatic rings. The largest absolute Gasteiger partial charge is 0.309 e. The Kier molecular flexibility index (Phi) is 9.41. The van der Waals surface area contributed by atoms with Crippen molar-refractivity contribution in [3.8, 4) is 43.1 Å². The molecule has 5 heterocycles. The third-order valence-electron chi connectivity index (χ3n) is 9.51. The zero-order chi connectivity index (χ0) is 36.8. The van der Waals surface area contributed by atoms with Crippen molar-refractivity contribution in [2.45, 2.75) is 0 Å². The van der Waals surface area contributed by atoms with Gasteiger partial charge < -0.3 is 9.80 Å². The van der Waals surface area contributed by atoms with Gasteiger partial charge in [0.05, 0.1) is 23.8 Å². The van der Waals surface area contributed by atoms with Crippen LogP contribution in [0.1, 0.15) is 0 Å². The van der Waals surface area contributed by atoms with E-state index >= 15 is 0 Å². The van der Waals surface area contributed by atoms with Crippen molar-refractivity contribution < 1.29 is 0 Å². The molecule has 0 N–H and O–H groups in total. The molecule has 0 amide bonds. The number of hydrogen-bond donors (Lipinski definition) is 0. The molecule has 5 aromatic heterocycles. The van der Waals surface area contributed by atoms with Gasteiger partial charge in [-0.05, 0) is 143 Å². The van der Waals surface area contributed by atoms with Crippen LogP contribution in [-0.4, -0.2) is 19.9 Å². The van der Waals surface area contributed by atoms with Gasteiger partial charge in [-0.2, -0.15) is 0 Å². The number of aromatic nitrogens is 4. The predicted molar refractivity (Wildman–Crippen MR) is 227 cm³/mol. The molecular weight excluding hydrogens is 693 g/mol. The minimum Gasteiger partial charge on any atom is -0.309 e. The fourth-order valence-corrected chi connectivity index (χ4v) is 7.78. The summed E-state index contributed by atoms with van der Waals surface area (Å²) in [5, 5.41) is 0. The standard InChI is InChI=1S/C48H34N6S/c1-3-45(33-51-27-1)53(41-13-5-35(6-14-41)37-23-29-49-30-24-37)43-17-9-39(10-18-43)47-21-22-48(55-47)40-11-19-44(20-12-40)54(46-4-2-28-52-34-46)42-15-7-36(8-16-42)38-25-31-50-32-26-38/h1-34H. The first kappa shape index (κ1) is 33.6. The third-order valence-corrected chi connectivity index (χ3v) is 10.7. The van der Waals surface area contributed by atoms with Crippen LogP contribution in [0, 0.1) is 0 Å². The van der Waals surface area contributed by atoms with Crippen molar-refractivity contribution in [3.05, 3.63) is 207 Å². The summed E-state index contributed by atoms with van der Waals surface area (Å²) in [7, 11) is 0. The minimum atomic E-state index is 0.998. The van der Waals surface area contributed by atoms with E-state index in [9.17, 15) is 0 Å². The lowest BCUT2D eigenvalue weighted by atomic mass is 10.1. The minimum absolute atomic E-state index is 0.998. The van der Waals surface area contributed by atoms with Crippen LogP contribution in [0.4, 0.5) is 34.1 Å². The average molecular weight is 727 g/mol. The van der Waals surface area contributed by atoms with Crippen LogP contribution < -0.4 is 9.80 Å². The van der Waals surface area contributed by atoms with Gasteiger partial charge in [0.15, 0.2) is 0 Å². The number of benzene rings is 4. The highest BCUT2D eigenvalue weighted by molar-refractivity contribution is 7.18. The van der Waals surface area contributed by atoms with E-state index in [0.717, 1.165) is 56.4 Å². The lowest BCUT2D eigenvalue weighted by molar-refractivity contribution is 1.23. The van der Waals surface area contributed by atoms with Crippen molar-refractivity contribution in [1.82, 2.24) is 19.9 Å². The van der Waals surface area contributed by atoms with Crippen molar-refractivity contribution >= 4 is 45.5 Å². The second-order valence-electron chi connectivity index (χ2n) is 12.9. The monoisotopic (exact) mass is 726 g/mol. The van der Waals surface area contributed by atoms with Crippen LogP contribution in [0.2, 0.25) is 0 Å². The lowest BCUT2D eigenvalue weighted by Gasteiger charge is -2.25. The highest BCUT2D eigenvalue weighted by Crippen LogP contribution is 2.40. The van der Waals surface area contributed by atoms with E-state index in [4.69, 9.17) is 0 Å². The fourth-order valence-electron chi connectivity index (χ4n) is 6.76. The van der Waals surface area contributed by atoms with E-state index in [2.05, 4.69) is 151 Å². The van der Waals surface area contributed by atoms with Crippen LogP contribution >= 0.6 is 11.3 Å². The Morgan fingerprint density at radius 3 is 0.927 bits per heavy atom. The molecule has 0 aliphatic rings. The second kappa shape index (κ2) is 15.4. The molecule has 0 aliphatic heterocycles. The maximum absolute atomic E-state index is 4.42. The zero-order valence-electron chi connectivity index (χ0n) is 29.7. The number of hydrogen-bond acceptors (Lipinski definition) is 7. The SMILES string of the molecule is c1cncc(N(c2ccc(-c3ccncc3)cc2)c2ccc(-c3ccc(-c4ccc(N(c5ccc(-c6ccncc6)cc5)c5cccnc5)cc4)s3)cc2)c1. The van der Waals surface area contributed by atoms with E-state index in [1.165, 1.54) is 20.9 Å². The van der Waals surface area contributed by atoms with Crippen LogP contribution in [0.3, 0.4) is 0 Å². The highest BCUT2D eigenvalue weighted by Gasteiger charge is 2.16. The Balaban J connectivity index is 0.962. The number of nitrogens with zero attached hydrogens (tertiary/aromatic N) is 6. The molecule has 0 spiro atoms. The molecule has 0 radical (unpaired) electrons. The number of pyridine rings is 4. The summed E-state index contributed by atoms with van der Waals surface area (Å²) < 4.78 is 0. The molecule has 0 fully saturated rings. The summed E-state index contributed by atoms with van der Waals surface area (Å²) in [6, 6.07) is 55.4. The van der Waals surface area contributed by atoms with E-state index in [1.807, 2.05) is 73.6 Å². The van der Waals surface area contributed by atoms with Crippen LogP contribution in [0.5, 0.6) is 0 Å². The van der Waals surface area contributed by atoms with Gasteiger partial charge in [-0.1, -0.05) is 48.5 Å². The van der Waals surface area contributed by atoms with Crippen molar-refractivity contribution in [2.75, 3.05) is 9.80 Å². The van der Waals surface area contributed by atoms with Crippen molar-refractivity contribution in [1.29, 1.82) is 0 Å². The Morgan fingerprint density at radius 2 is 0.600 bits per heavy atom. The third kappa shape index (κ3) is 7.25. The first-order valence-electron chi connectivity index (χ1n) is 18.0. The maximum Gasteiger partial charge on any atom is 0.0644 e. The lowest BCUT2D eigenvalue weighted by Crippen LogP contribution is -2.10. The summed E-state index contributed by atoms with van der Waals surface area (Å²) >= 11 is 1.80. The summed E-state index contributed by atoms with van der Waals surface area (Å²) in [5.41, 5.74) is 13.2. The molecule has 9 rings (SSSR count). The molecule has 0 bridgehead atoms. The van der Waals surface area contributed by atoms with Crippen LogP contribution in [0.25, 0.3) is 43.1 Å². The molecular formula is C48H34N6S. The summed E-state index contributed by atoms with van der Waals surface area (Å²) in [6.45, 7) is 0. The van der Waals surface area contributed by atoms with Gasteiger partial charge in [-0.3, -0.25) is 19.9 Å².